The highest BCUT2D eigenvalue weighted by atomic mass is 35.5. The molecule has 6 aromatic rings. The lowest BCUT2D eigenvalue weighted by atomic mass is 9.99. The maximum atomic E-state index is 15.0. The first kappa shape index (κ1) is 70.9. The summed E-state index contributed by atoms with van der Waals surface area (Å²) in [6, 6.07) is 26.4. The first-order valence-electron chi connectivity index (χ1n) is 31.1. The first-order valence-corrected chi connectivity index (χ1v) is 31.5. The number of halogens is 1. The Labute approximate surface area is 546 Å². The lowest BCUT2D eigenvalue weighted by Gasteiger charge is -2.28. The maximum Gasteiger partial charge on any atom is 0.245 e. The van der Waals surface area contributed by atoms with E-state index in [0.29, 0.717) is 51.7 Å². The van der Waals surface area contributed by atoms with Gasteiger partial charge in [0, 0.05) is 94.8 Å². The van der Waals surface area contributed by atoms with Crippen molar-refractivity contribution in [1.82, 2.24) is 52.4 Å². The van der Waals surface area contributed by atoms with Crippen molar-refractivity contribution < 1.29 is 53.1 Å². The molecule has 1 aliphatic heterocycles. The Hall–Kier alpha value is -9.58. The number of nitrogens with zero attached hydrogens (tertiary/aromatic N) is 2. The highest BCUT2D eigenvalue weighted by Crippen LogP contribution is 2.20. The predicted octanol–water partition coefficient (Wildman–Crippen LogP) is 3.98. The molecular formula is C69H83ClN12O11. The van der Waals surface area contributed by atoms with Crippen LogP contribution in [0.2, 0.25) is 5.02 Å². The van der Waals surface area contributed by atoms with E-state index in [4.69, 9.17) is 11.6 Å². The van der Waals surface area contributed by atoms with Gasteiger partial charge in [0.25, 0.3) is 0 Å². The lowest BCUT2D eigenvalue weighted by molar-refractivity contribution is -0.136. The van der Waals surface area contributed by atoms with Crippen LogP contribution in [-0.4, -0.2) is 149 Å². The average molecular weight is 1290 g/mol. The molecule has 1 fully saturated rings. The molecule has 1 aliphatic rings. The van der Waals surface area contributed by atoms with Crippen molar-refractivity contribution in [3.05, 3.63) is 173 Å². The Kier molecular flexibility index (Phi) is 26.9. The van der Waals surface area contributed by atoms with Crippen molar-refractivity contribution >= 4 is 92.8 Å². The van der Waals surface area contributed by atoms with Crippen LogP contribution in [0.3, 0.4) is 0 Å². The fourth-order valence-corrected chi connectivity index (χ4v) is 11.0. The van der Waals surface area contributed by atoms with Gasteiger partial charge in [0.1, 0.15) is 42.3 Å². The minimum Gasteiger partial charge on any atom is -0.394 e. The summed E-state index contributed by atoms with van der Waals surface area (Å²) in [4.78, 5) is 145. The minimum absolute atomic E-state index is 0.0417. The van der Waals surface area contributed by atoms with Gasteiger partial charge >= 0.3 is 0 Å². The molecule has 492 valence electrons. The van der Waals surface area contributed by atoms with Crippen LogP contribution >= 0.6 is 11.6 Å². The number of aliphatic hydroxyl groups is 1. The first-order chi connectivity index (χ1) is 44.6. The summed E-state index contributed by atoms with van der Waals surface area (Å²) >= 11 is 6.24. The Balaban J connectivity index is 1.15. The second-order valence-electron chi connectivity index (χ2n) is 23.7. The van der Waals surface area contributed by atoms with Gasteiger partial charge in [-0.25, -0.2) is 0 Å². The van der Waals surface area contributed by atoms with Crippen LogP contribution in [0.25, 0.3) is 10.8 Å². The second-order valence-corrected chi connectivity index (χ2v) is 24.2. The van der Waals surface area contributed by atoms with Crippen LogP contribution in [0.5, 0.6) is 0 Å². The van der Waals surface area contributed by atoms with E-state index < -0.39 is 96.2 Å². The number of fused-ring (bicyclic) bond motifs is 1. The van der Waals surface area contributed by atoms with Crippen LogP contribution in [0, 0.1) is 5.92 Å². The Morgan fingerprint density at radius 2 is 0.882 bits per heavy atom. The van der Waals surface area contributed by atoms with Crippen molar-refractivity contribution in [3.63, 3.8) is 0 Å². The molecule has 5 aromatic carbocycles. The Morgan fingerprint density at radius 1 is 0.462 bits per heavy atom. The number of carbonyl (C=O) groups is 10. The summed E-state index contributed by atoms with van der Waals surface area (Å²) in [5.41, 5.74) is 3.72. The number of aliphatic hydroxyl groups excluding tert-OH is 1. The molecule has 23 nitrogen and oxygen atoms in total. The van der Waals surface area contributed by atoms with E-state index in [1.807, 2.05) is 56.3 Å². The van der Waals surface area contributed by atoms with E-state index in [-0.39, 0.29) is 56.3 Å². The molecule has 93 heavy (non-hydrogen) atoms. The summed E-state index contributed by atoms with van der Waals surface area (Å²) in [7, 11) is 0. The molecule has 11 N–H and O–H groups in total. The maximum absolute atomic E-state index is 15.0. The third-order valence-electron chi connectivity index (χ3n) is 15.5. The van der Waals surface area contributed by atoms with Crippen molar-refractivity contribution in [2.24, 2.45) is 5.92 Å². The van der Waals surface area contributed by atoms with Gasteiger partial charge in [-0.15, -0.1) is 0 Å². The van der Waals surface area contributed by atoms with Gasteiger partial charge in [0.2, 0.25) is 59.1 Å². The molecule has 0 radical (unpaired) electrons. The molecule has 0 unspecified atom stereocenters. The molecule has 0 aliphatic carbocycles. The normalized spacial score (nSPS) is 14.4. The van der Waals surface area contributed by atoms with Gasteiger partial charge in [-0.1, -0.05) is 110 Å². The number of anilines is 2. The molecule has 1 saturated heterocycles. The standard InChI is InChI=1S/C69H83ClN12O11/c1-42(2)33-56(63(87)72-29-32-82-30-8-9-31-82)76-65(89)59(36-47-17-24-54(25-18-47)73-43(3)84)78-67(91)60(37-48-19-26-55(27-20-48)74-44(4)85)80-69(93)62(41-83)81-68(92)61(39-50-11-10-28-71-40-50)79-66(90)58(35-46-15-22-53(70)23-16-46)77-64(88)57(75-45(5)86)38-49-14-21-51-12-6-7-13-52(51)34-49/h6-7,10-28,34,40,42,56-62,83H,8-9,29-33,35-39,41H2,1-5H3,(H,72,87)(H,73,84)(H,74,85)(H,75,86)(H,76,89)(H,77,88)(H,78,91)(H,79,90)(H,80,93)(H,81,92)/t56-,57+,58+,59+,60-,61+,62-/m0/s1. The van der Waals surface area contributed by atoms with E-state index in [9.17, 15) is 53.1 Å². The van der Waals surface area contributed by atoms with Gasteiger partial charge in [0.15, 0.2) is 0 Å². The SMILES string of the molecule is CC(=O)Nc1ccc(C[C@H](NC(=O)[C@H](CO)NC(=O)[C@@H](Cc2cccnc2)NC(=O)[C@@H](Cc2ccc(Cl)cc2)NC(=O)[C@@H](Cc2ccc3ccccc3c2)NC(C)=O)C(=O)N[C@H](Cc2ccc(NC(C)=O)cc2)C(=O)N[C@@H](CC(C)C)C(=O)NCCN2CCCC2)cc1. The molecular weight excluding hydrogens is 1210 g/mol. The topological polar surface area (TPSA) is 327 Å². The number of aromatic nitrogens is 1. The largest absolute Gasteiger partial charge is 0.394 e. The monoisotopic (exact) mass is 1290 g/mol. The average Bonchev–Trinajstić information content (AvgIpc) is 1.50. The highest BCUT2D eigenvalue weighted by Gasteiger charge is 2.35. The Bertz CT molecular complexity index is 3550. The van der Waals surface area contributed by atoms with Crippen LogP contribution in [0.1, 0.15) is 81.7 Å². The minimum atomic E-state index is -1.77. The smallest absolute Gasteiger partial charge is 0.245 e. The molecule has 0 spiro atoms. The summed E-state index contributed by atoms with van der Waals surface area (Å²) in [5, 5.41) is 40.7. The molecule has 7 rings (SSSR count). The zero-order valence-corrected chi connectivity index (χ0v) is 53.6. The molecule has 1 aromatic heterocycles. The summed E-state index contributed by atoms with van der Waals surface area (Å²) in [6.45, 7) is 9.62. The molecule has 2 heterocycles. The molecule has 10 amide bonds. The number of nitrogens with one attached hydrogen (secondary N) is 10. The molecule has 0 saturated carbocycles. The number of pyridine rings is 1. The van der Waals surface area contributed by atoms with Crippen LogP contribution in [-0.2, 0) is 80.0 Å². The second kappa shape index (κ2) is 35.3. The van der Waals surface area contributed by atoms with E-state index in [2.05, 4.69) is 63.1 Å². The summed E-state index contributed by atoms with van der Waals surface area (Å²) in [5.74, 6) is -6.73. The fourth-order valence-electron chi connectivity index (χ4n) is 10.8. The predicted molar refractivity (Wildman–Crippen MR) is 354 cm³/mol. The van der Waals surface area contributed by atoms with E-state index >= 15 is 0 Å². The highest BCUT2D eigenvalue weighted by molar-refractivity contribution is 6.30. The number of likely N-dealkylation sites (tertiary alicyclic amines) is 1. The fraction of sp³-hybridized carbons (Fsp3) is 0.377. The van der Waals surface area contributed by atoms with E-state index in [0.717, 1.165) is 42.3 Å². The van der Waals surface area contributed by atoms with Crippen molar-refractivity contribution in [2.45, 2.75) is 128 Å². The molecule has 24 heteroatoms. The van der Waals surface area contributed by atoms with Crippen molar-refractivity contribution in [3.8, 4) is 0 Å². The molecule has 0 bridgehead atoms. The number of amides is 10. The van der Waals surface area contributed by atoms with Gasteiger partial charge in [-0.05, 0) is 119 Å². The van der Waals surface area contributed by atoms with Crippen LogP contribution < -0.4 is 53.2 Å². The van der Waals surface area contributed by atoms with E-state index in [1.54, 1.807) is 84.9 Å². The quantitative estimate of drug-likeness (QED) is 0.0285. The van der Waals surface area contributed by atoms with Crippen LogP contribution in [0.4, 0.5) is 11.4 Å². The number of rotatable bonds is 32. The number of carbonyl (C=O) groups excluding carboxylic acids is 10. The van der Waals surface area contributed by atoms with Gasteiger partial charge in [-0.3, -0.25) is 52.9 Å². The van der Waals surface area contributed by atoms with Gasteiger partial charge in [0.05, 0.1) is 6.61 Å². The zero-order chi connectivity index (χ0) is 67.0. The van der Waals surface area contributed by atoms with Crippen LogP contribution in [0.15, 0.2) is 140 Å². The lowest BCUT2D eigenvalue weighted by Crippen LogP contribution is -2.61. The third kappa shape index (κ3) is 23.2. The number of hydrogen-bond donors (Lipinski definition) is 11. The van der Waals surface area contributed by atoms with Crippen molar-refractivity contribution in [2.75, 3.05) is 43.4 Å². The molecule has 7 atom stereocenters. The van der Waals surface area contributed by atoms with Gasteiger partial charge < -0.3 is 63.2 Å². The zero-order valence-electron chi connectivity index (χ0n) is 52.9. The third-order valence-corrected chi connectivity index (χ3v) is 15.8. The Morgan fingerprint density at radius 3 is 1.33 bits per heavy atom. The summed E-state index contributed by atoms with van der Waals surface area (Å²) in [6.07, 6.45) is 4.77. The van der Waals surface area contributed by atoms with Gasteiger partial charge in [-0.2, -0.15) is 0 Å². The summed E-state index contributed by atoms with van der Waals surface area (Å²) < 4.78 is 0. The number of benzene rings is 5. The number of hydrogen-bond acceptors (Lipinski definition) is 13. The van der Waals surface area contributed by atoms with Crippen molar-refractivity contribution in [1.29, 1.82) is 0 Å². The van der Waals surface area contributed by atoms with E-state index in [1.165, 1.54) is 33.2 Å².